The summed E-state index contributed by atoms with van der Waals surface area (Å²) in [5.74, 6) is 1.27. The minimum atomic E-state index is -0.446. The van der Waals surface area contributed by atoms with Crippen LogP contribution in [0.25, 0.3) is 0 Å². The second-order valence-electron chi connectivity index (χ2n) is 7.32. The van der Waals surface area contributed by atoms with Crippen molar-refractivity contribution in [2.24, 2.45) is 5.41 Å². The number of ether oxygens (including phenoxy) is 1. The summed E-state index contributed by atoms with van der Waals surface area (Å²) in [7, 11) is 0. The maximum Gasteiger partial charge on any atom is 0.410 e. The molecule has 22 heavy (non-hydrogen) atoms. The standard InChI is InChI=1S/C15H23N5O2/c1-14(2,3)22-13(21)19-7-6-15(8-19)9-20(10-15)12-5-4-11(16)17-18-12/h4-5H,6-10H2,1-3H3,(H2,16,17). The first-order chi connectivity index (χ1) is 10.3. The molecular formula is C15H23N5O2. The number of rotatable bonds is 1. The van der Waals surface area contributed by atoms with E-state index in [1.807, 2.05) is 31.7 Å². The number of nitrogen functional groups attached to an aromatic ring is 1. The van der Waals surface area contributed by atoms with Crippen molar-refractivity contribution in [1.82, 2.24) is 15.1 Å². The third kappa shape index (κ3) is 2.93. The number of carbonyl (C=O) groups excluding carboxylic acids is 1. The number of amides is 1. The second kappa shape index (κ2) is 5.00. The summed E-state index contributed by atoms with van der Waals surface area (Å²) < 4.78 is 5.45. The Morgan fingerprint density at radius 3 is 2.59 bits per heavy atom. The van der Waals surface area contributed by atoms with Gasteiger partial charge in [-0.2, -0.15) is 0 Å². The zero-order chi connectivity index (χ0) is 16.0. The first-order valence-corrected chi connectivity index (χ1v) is 7.59. The SMILES string of the molecule is CC(C)(C)OC(=O)N1CCC2(C1)CN(c1ccc(N)nn1)C2. The fourth-order valence-corrected chi connectivity index (χ4v) is 3.11. The van der Waals surface area contributed by atoms with Crippen molar-refractivity contribution in [2.45, 2.75) is 32.8 Å². The average molecular weight is 305 g/mol. The van der Waals surface area contributed by atoms with Crippen molar-refractivity contribution in [2.75, 3.05) is 36.8 Å². The van der Waals surface area contributed by atoms with E-state index >= 15 is 0 Å². The van der Waals surface area contributed by atoms with Crippen LogP contribution >= 0.6 is 0 Å². The van der Waals surface area contributed by atoms with Crippen molar-refractivity contribution in [3.63, 3.8) is 0 Å². The van der Waals surface area contributed by atoms with E-state index in [1.54, 1.807) is 6.07 Å². The van der Waals surface area contributed by atoms with Gasteiger partial charge >= 0.3 is 6.09 Å². The van der Waals surface area contributed by atoms with Crippen LogP contribution in [0, 0.1) is 5.41 Å². The van der Waals surface area contributed by atoms with E-state index in [2.05, 4.69) is 15.1 Å². The van der Waals surface area contributed by atoms with Gasteiger partial charge in [-0.25, -0.2) is 4.79 Å². The van der Waals surface area contributed by atoms with Crippen LogP contribution in [0.2, 0.25) is 0 Å². The van der Waals surface area contributed by atoms with Crippen molar-refractivity contribution < 1.29 is 9.53 Å². The van der Waals surface area contributed by atoms with E-state index < -0.39 is 5.60 Å². The lowest BCUT2D eigenvalue weighted by Gasteiger charge is -2.48. The normalized spacial score (nSPS) is 20.1. The van der Waals surface area contributed by atoms with Gasteiger partial charge in [0.05, 0.1) is 0 Å². The van der Waals surface area contributed by atoms with Gasteiger partial charge < -0.3 is 20.3 Å². The molecule has 0 aliphatic carbocycles. The Labute approximate surface area is 130 Å². The predicted octanol–water partition coefficient (Wildman–Crippen LogP) is 1.51. The summed E-state index contributed by atoms with van der Waals surface area (Å²) in [4.78, 5) is 16.1. The van der Waals surface area contributed by atoms with Gasteiger partial charge in [0.15, 0.2) is 5.82 Å². The largest absolute Gasteiger partial charge is 0.444 e. The molecule has 1 aromatic rings. The number of aromatic nitrogens is 2. The molecule has 0 bridgehead atoms. The van der Waals surface area contributed by atoms with Crippen LogP contribution in [-0.2, 0) is 4.74 Å². The summed E-state index contributed by atoms with van der Waals surface area (Å²) in [5, 5.41) is 7.99. The summed E-state index contributed by atoms with van der Waals surface area (Å²) in [6.45, 7) is 8.97. The van der Waals surface area contributed by atoms with Crippen LogP contribution in [0.15, 0.2) is 12.1 Å². The number of hydrogen-bond donors (Lipinski definition) is 1. The number of likely N-dealkylation sites (tertiary alicyclic amines) is 1. The maximum atomic E-state index is 12.1. The molecule has 1 spiro atoms. The monoisotopic (exact) mass is 305 g/mol. The van der Waals surface area contributed by atoms with Crippen molar-refractivity contribution in [1.29, 1.82) is 0 Å². The van der Waals surface area contributed by atoms with Crippen molar-refractivity contribution in [3.8, 4) is 0 Å². The molecule has 3 rings (SSSR count). The third-order valence-electron chi connectivity index (χ3n) is 4.14. The van der Waals surface area contributed by atoms with Gasteiger partial charge in [-0.1, -0.05) is 0 Å². The maximum absolute atomic E-state index is 12.1. The van der Waals surface area contributed by atoms with Gasteiger partial charge in [-0.3, -0.25) is 0 Å². The molecule has 0 radical (unpaired) electrons. The predicted molar refractivity (Wildman–Crippen MR) is 83.5 cm³/mol. The van der Waals surface area contributed by atoms with E-state index in [-0.39, 0.29) is 11.5 Å². The molecule has 2 fully saturated rings. The van der Waals surface area contributed by atoms with Crippen LogP contribution in [-0.4, -0.2) is 53.0 Å². The van der Waals surface area contributed by atoms with Gasteiger partial charge in [0.1, 0.15) is 11.4 Å². The number of anilines is 2. The highest BCUT2D eigenvalue weighted by Gasteiger charge is 2.49. The van der Waals surface area contributed by atoms with E-state index in [0.717, 1.165) is 38.4 Å². The Bertz CT molecular complexity index is 560. The van der Waals surface area contributed by atoms with Crippen LogP contribution in [0.1, 0.15) is 27.2 Å². The number of nitrogens with two attached hydrogens (primary N) is 1. The second-order valence-corrected chi connectivity index (χ2v) is 7.32. The Morgan fingerprint density at radius 1 is 1.27 bits per heavy atom. The van der Waals surface area contributed by atoms with Gasteiger partial charge in [0.2, 0.25) is 0 Å². The molecule has 0 unspecified atom stereocenters. The fourth-order valence-electron chi connectivity index (χ4n) is 3.11. The Balaban J connectivity index is 1.56. The molecule has 120 valence electrons. The highest BCUT2D eigenvalue weighted by molar-refractivity contribution is 5.69. The molecular weight excluding hydrogens is 282 g/mol. The first-order valence-electron chi connectivity index (χ1n) is 7.59. The van der Waals surface area contributed by atoms with E-state index in [9.17, 15) is 4.79 Å². The van der Waals surface area contributed by atoms with E-state index in [4.69, 9.17) is 10.5 Å². The molecule has 1 amide bonds. The minimum absolute atomic E-state index is 0.167. The Hall–Kier alpha value is -2.05. The smallest absolute Gasteiger partial charge is 0.410 e. The lowest BCUT2D eigenvalue weighted by Crippen LogP contribution is -2.58. The Kier molecular flexibility index (Phi) is 3.38. The number of nitrogens with zero attached hydrogens (tertiary/aromatic N) is 4. The molecule has 0 atom stereocenters. The highest BCUT2D eigenvalue weighted by Crippen LogP contribution is 2.41. The molecule has 0 saturated carbocycles. The topological polar surface area (TPSA) is 84.6 Å². The summed E-state index contributed by atoms with van der Waals surface area (Å²) >= 11 is 0. The molecule has 2 aliphatic rings. The van der Waals surface area contributed by atoms with Crippen LogP contribution in [0.3, 0.4) is 0 Å². The van der Waals surface area contributed by atoms with Gasteiger partial charge in [-0.15, -0.1) is 10.2 Å². The quantitative estimate of drug-likeness (QED) is 0.846. The molecule has 1 aromatic heterocycles. The zero-order valence-corrected chi connectivity index (χ0v) is 13.4. The van der Waals surface area contributed by atoms with Crippen LogP contribution in [0.4, 0.5) is 16.4 Å². The third-order valence-corrected chi connectivity index (χ3v) is 4.14. The Morgan fingerprint density at radius 2 is 2.00 bits per heavy atom. The lowest BCUT2D eigenvalue weighted by molar-refractivity contribution is 0.0265. The molecule has 0 aromatic carbocycles. The number of carbonyl (C=O) groups is 1. The summed E-state index contributed by atoms with van der Waals surface area (Å²) in [5.41, 5.74) is 5.27. The van der Waals surface area contributed by atoms with E-state index in [0.29, 0.717) is 5.82 Å². The van der Waals surface area contributed by atoms with Gasteiger partial charge in [0, 0.05) is 31.6 Å². The number of hydrogen-bond acceptors (Lipinski definition) is 6. The summed E-state index contributed by atoms with van der Waals surface area (Å²) in [6, 6.07) is 3.64. The fraction of sp³-hybridized carbons (Fsp3) is 0.667. The summed E-state index contributed by atoms with van der Waals surface area (Å²) in [6.07, 6.45) is 0.792. The molecule has 7 heteroatoms. The van der Waals surface area contributed by atoms with E-state index in [1.165, 1.54) is 0 Å². The molecule has 2 aliphatic heterocycles. The van der Waals surface area contributed by atoms with Gasteiger partial charge in [0.25, 0.3) is 0 Å². The average Bonchev–Trinajstić information content (AvgIpc) is 2.81. The molecule has 3 heterocycles. The highest BCUT2D eigenvalue weighted by atomic mass is 16.6. The van der Waals surface area contributed by atoms with Crippen molar-refractivity contribution >= 4 is 17.7 Å². The lowest BCUT2D eigenvalue weighted by atomic mass is 9.79. The minimum Gasteiger partial charge on any atom is -0.444 e. The van der Waals surface area contributed by atoms with Crippen molar-refractivity contribution in [3.05, 3.63) is 12.1 Å². The van der Waals surface area contributed by atoms with Gasteiger partial charge in [-0.05, 0) is 39.3 Å². The van der Waals surface area contributed by atoms with Crippen LogP contribution < -0.4 is 10.6 Å². The molecule has 2 saturated heterocycles. The first kappa shape index (κ1) is 14.9. The van der Waals surface area contributed by atoms with Crippen LogP contribution in [0.5, 0.6) is 0 Å². The molecule has 7 nitrogen and oxygen atoms in total. The molecule has 2 N–H and O–H groups in total. The zero-order valence-electron chi connectivity index (χ0n) is 13.4.